The molecule has 0 fully saturated rings. The van der Waals surface area contributed by atoms with Crippen molar-refractivity contribution in [1.82, 2.24) is 0 Å². The molecule has 3 N–H and O–H groups in total. The molecule has 6 heterocycles. The second kappa shape index (κ2) is 23.7. The quantitative estimate of drug-likeness (QED) is 0.0874. The number of carbonyl (C=O) groups excluding carboxylic acids is 1. The van der Waals surface area contributed by atoms with Crippen molar-refractivity contribution in [3.63, 3.8) is 0 Å². The molecule has 82 heavy (non-hydrogen) atoms. The Labute approximate surface area is 555 Å². The Morgan fingerprint density at radius 3 is 1.68 bits per heavy atom. The van der Waals surface area contributed by atoms with Gasteiger partial charge >= 0.3 is 563 Å². The van der Waals surface area contributed by atoms with E-state index in [1.165, 1.54) is 72.2 Å². The van der Waals surface area contributed by atoms with Gasteiger partial charge in [0, 0.05) is 0 Å². The molecule has 2 unspecified atom stereocenters. The molecule has 6 aromatic carbocycles. The van der Waals surface area contributed by atoms with E-state index < -0.39 is 24.2 Å². The Morgan fingerprint density at radius 1 is 0.585 bits per heavy atom. The third-order valence-corrected chi connectivity index (χ3v) is 44.0. The number of rotatable bonds is 6. The molecule has 7 nitrogen and oxygen atoms in total. The van der Waals surface area contributed by atoms with Crippen LogP contribution in [0.25, 0.3) is 43.2 Å². The van der Waals surface area contributed by atoms with Crippen LogP contribution in [0.3, 0.4) is 0 Å². The van der Waals surface area contributed by atoms with Gasteiger partial charge in [-0.05, 0) is 0 Å². The summed E-state index contributed by atoms with van der Waals surface area (Å²) in [6.45, 7) is 22.5. The van der Waals surface area contributed by atoms with E-state index >= 15 is 0 Å². The molecular formula is C64H52Br2I3N3O4Se3Si3. The molecule has 0 spiro atoms. The van der Waals surface area contributed by atoms with Gasteiger partial charge in [0.1, 0.15) is 0 Å². The molecule has 3 aromatic heterocycles. The summed E-state index contributed by atoms with van der Waals surface area (Å²) in [4.78, 5) is 27.2. The molecule has 3 aliphatic heterocycles. The van der Waals surface area contributed by atoms with Crippen LogP contribution in [-0.4, -0.2) is 94.5 Å². The first-order valence-corrected chi connectivity index (χ1v) is 44.4. The van der Waals surface area contributed by atoms with Gasteiger partial charge < -0.3 is 0 Å². The Balaban J connectivity index is 0.000000130. The van der Waals surface area contributed by atoms with Crippen LogP contribution in [0.1, 0.15) is 17.8 Å². The Bertz CT molecular complexity index is 4470. The predicted molar refractivity (Wildman–Crippen MR) is 384 cm³/mol. The van der Waals surface area contributed by atoms with Gasteiger partial charge in [-0.15, -0.1) is 0 Å². The van der Waals surface area contributed by atoms with Gasteiger partial charge in [0.15, 0.2) is 0 Å². The van der Waals surface area contributed by atoms with E-state index in [4.69, 9.17) is 15.0 Å². The van der Waals surface area contributed by atoms with Crippen molar-refractivity contribution in [2.75, 3.05) is 0 Å². The maximum atomic E-state index is 12.4. The van der Waals surface area contributed by atoms with Crippen molar-refractivity contribution in [2.45, 2.75) is 52.5 Å². The zero-order valence-electron chi connectivity index (χ0n) is 45.3. The fraction of sp³-hybridized carbons (Fsp3) is 0.125. The summed E-state index contributed by atoms with van der Waals surface area (Å²) < 4.78 is 11.7. The molecule has 2 atom stereocenters. The summed E-state index contributed by atoms with van der Waals surface area (Å²) in [7, 11) is -6.65. The number of carbonyl (C=O) groups is 1. The minimum atomic E-state index is -2.58. The van der Waals surface area contributed by atoms with Gasteiger partial charge in [0.25, 0.3) is 0 Å². The van der Waals surface area contributed by atoms with E-state index in [2.05, 4.69) is 220 Å². The monoisotopic (exact) mass is 1790 g/mol. The van der Waals surface area contributed by atoms with Gasteiger partial charge in [0.2, 0.25) is 0 Å². The fourth-order valence-corrected chi connectivity index (χ4v) is 36.4. The molecule has 4 aliphatic rings. The number of nitrogens with zero attached hydrogens (tertiary/aromatic N) is 3. The number of hydrogen-bond donors (Lipinski definition) is 3. The van der Waals surface area contributed by atoms with E-state index in [0.29, 0.717) is 17.2 Å². The number of aliphatic imine (C=N–C) groups is 1. The van der Waals surface area contributed by atoms with Crippen molar-refractivity contribution in [2.24, 2.45) is 15.0 Å². The van der Waals surface area contributed by atoms with Crippen molar-refractivity contribution in [3.8, 4) is 47.3 Å². The Kier molecular flexibility index (Phi) is 17.5. The zero-order valence-corrected chi connectivity index (χ0v) is 63.1. The van der Waals surface area contributed by atoms with Crippen molar-refractivity contribution < 1.29 is 20.1 Å². The van der Waals surface area contributed by atoms with Gasteiger partial charge in [0.05, 0.1) is 0 Å². The van der Waals surface area contributed by atoms with Crippen molar-refractivity contribution >= 4 is 240 Å². The third kappa shape index (κ3) is 10.9. The molecule has 412 valence electrons. The molecule has 0 saturated carbocycles. The molecule has 0 amide bonds. The van der Waals surface area contributed by atoms with Crippen LogP contribution in [0.5, 0.6) is 17.2 Å². The van der Waals surface area contributed by atoms with Crippen LogP contribution in [-0.2, 0) is 4.79 Å². The van der Waals surface area contributed by atoms with Crippen LogP contribution in [0.2, 0.25) is 32.2 Å². The predicted octanol–water partition coefficient (Wildman–Crippen LogP) is 10.7. The topological polar surface area (TPSA) is 115 Å². The van der Waals surface area contributed by atoms with Crippen molar-refractivity contribution in [3.05, 3.63) is 188 Å². The maximum absolute atomic E-state index is 12.4. The molecule has 0 saturated heterocycles. The molecule has 1 aliphatic carbocycles. The molecule has 0 radical (unpaired) electrons. The second-order valence-corrected chi connectivity index (χ2v) is 48.3. The van der Waals surface area contributed by atoms with Crippen LogP contribution in [0.4, 0.5) is 17.1 Å². The third-order valence-electron chi connectivity index (χ3n) is 15.8. The fourth-order valence-electron chi connectivity index (χ4n) is 12.0. The van der Waals surface area contributed by atoms with E-state index in [1.807, 2.05) is 42.5 Å². The van der Waals surface area contributed by atoms with Crippen LogP contribution >= 0.6 is 99.6 Å². The summed E-state index contributed by atoms with van der Waals surface area (Å²) >= 11 is 15.3. The summed E-state index contributed by atoms with van der Waals surface area (Å²) in [6, 6.07) is 41.7. The number of aromatic hydroxyl groups is 3. The second-order valence-electron chi connectivity index (χ2n) is 21.4. The first-order valence-electron chi connectivity index (χ1n) is 26.2. The molecular weight excluding hydrogens is 1740 g/mol. The average molecular weight is 1790 g/mol. The van der Waals surface area contributed by atoms with Gasteiger partial charge in [-0.3, -0.25) is 0 Å². The molecule has 13 rings (SSSR count). The number of hydrogen-bond acceptors (Lipinski definition) is 7. The summed E-state index contributed by atoms with van der Waals surface area (Å²) in [5.41, 5.74) is 7.28. The summed E-state index contributed by atoms with van der Waals surface area (Å²) in [5, 5.41) is 44.1. The van der Waals surface area contributed by atoms with E-state index in [-0.39, 0.29) is 49.3 Å². The molecule has 9 aromatic rings. The Hall–Kier alpha value is -3.32. The number of benzene rings is 6. The van der Waals surface area contributed by atoms with E-state index in [1.54, 1.807) is 30.4 Å². The number of phenolic OH excluding ortho intramolecular Hbond substituents is 3. The van der Waals surface area contributed by atoms with E-state index in [9.17, 15) is 20.1 Å². The minimum absolute atomic E-state index is 0.000111. The standard InChI is InChI=1S/C24H18INO2SeSi.C21H19BrINOSeSi.C19H15BrINOSeSi/c1-14-17(25)13-21(29-14)23-20(28)11-10-19-24(23)30(2,16-6-4-3-5-7-16)22-12-15(27)8-9-18(22)26-19;1-4-9-27(3)18-10-13(25)6-8-15(18)24-16-7-5-12(2)19(20(16)27)17-11-14(23)21(22)26-17;1-10-4-6-14-18(17(10)15-9-12(21)19(20)24-15)25(2,3)16-8-11(23)5-7-13(16)22-14/h3-13,28H,1-2H3;5-8,10-11,25H,2,4,9H2,1,3H3;4-9,23H,1H2,2-3H3. The van der Waals surface area contributed by atoms with Crippen LogP contribution in [0.15, 0.2) is 166 Å². The number of aryl methyl sites for hydroxylation is 1. The number of ketones is 1. The normalized spacial score (nSPS) is 17.6. The summed E-state index contributed by atoms with van der Waals surface area (Å²) in [5.74, 6) is 0.943. The number of halogens is 5. The average Bonchev–Trinajstić information content (AvgIpc) is 1.06. The summed E-state index contributed by atoms with van der Waals surface area (Å²) in [6.07, 6.45) is 6.31. The van der Waals surface area contributed by atoms with E-state index in [0.717, 1.165) is 72.3 Å². The van der Waals surface area contributed by atoms with Crippen molar-refractivity contribution in [1.29, 1.82) is 0 Å². The van der Waals surface area contributed by atoms with Gasteiger partial charge in [-0.1, -0.05) is 0 Å². The van der Waals surface area contributed by atoms with Crippen LogP contribution in [0, 0.1) is 17.6 Å². The first-order chi connectivity index (χ1) is 39.0. The first kappa shape index (κ1) is 60.4. The number of allylic oxidation sites excluding steroid dienone is 4. The Morgan fingerprint density at radius 2 is 1.12 bits per heavy atom. The van der Waals surface area contributed by atoms with Crippen LogP contribution < -0.4 is 52.3 Å². The SMILES string of the molecule is C=c1ccc2c(c1-c1cc(I)c(Br)[se]1)[Si](C)(C)c1cc(O)ccc1N=2.C=c1ccc2c(c1-c1cc(I)c(Br)[se]1)[Si](C)(CCC)c1cc(O)ccc1N=2.Cc1[se]c(-c2c(O)ccc3c2[Si](C)(c2ccccc2)C2=CC(=O)C=CC2=N3)cc1I. The van der Waals surface area contributed by atoms with Gasteiger partial charge in [-0.2, -0.15) is 0 Å². The van der Waals surface area contributed by atoms with Gasteiger partial charge in [-0.25, -0.2) is 0 Å². The number of fused-ring (bicyclic) bond motifs is 6. The molecule has 18 heteroatoms. The molecule has 0 bridgehead atoms. The number of phenols is 3. The zero-order chi connectivity index (χ0) is 58.3.